The van der Waals surface area contributed by atoms with Crippen molar-refractivity contribution in [1.82, 2.24) is 5.32 Å². The molecule has 0 spiro atoms. The van der Waals surface area contributed by atoms with Gasteiger partial charge in [0.15, 0.2) is 0 Å². The van der Waals surface area contributed by atoms with Gasteiger partial charge in [-0.2, -0.15) is 13.2 Å². The molecule has 1 N–H and O–H groups in total. The Bertz CT molecular complexity index is 698. The predicted octanol–water partition coefficient (Wildman–Crippen LogP) is 3.75. The highest BCUT2D eigenvalue weighted by molar-refractivity contribution is 6.56. The maximum atomic E-state index is 13.4. The number of aldehydes is 1. The fourth-order valence-corrected chi connectivity index (χ4v) is 2.62. The fourth-order valence-electron chi connectivity index (χ4n) is 2.62. The van der Waals surface area contributed by atoms with Crippen LogP contribution in [0.3, 0.4) is 0 Å². The third-order valence-electron chi connectivity index (χ3n) is 4.80. The van der Waals surface area contributed by atoms with E-state index in [9.17, 15) is 18.0 Å². The van der Waals surface area contributed by atoms with Crippen LogP contribution in [0.5, 0.6) is 0 Å². The van der Waals surface area contributed by atoms with Gasteiger partial charge in [-0.15, -0.1) is 0 Å². The molecule has 0 saturated carbocycles. The molecule has 0 radical (unpaired) electrons. The first-order valence-corrected chi connectivity index (χ1v) is 8.28. The molecule has 1 fully saturated rings. The van der Waals surface area contributed by atoms with E-state index < -0.39 is 30.1 Å². The lowest BCUT2D eigenvalue weighted by molar-refractivity contribution is -0.137. The van der Waals surface area contributed by atoms with Crippen LogP contribution in [0.2, 0.25) is 0 Å². The van der Waals surface area contributed by atoms with Gasteiger partial charge in [0.25, 0.3) is 0 Å². The number of carbonyl (C=O) groups is 1. The topological polar surface area (TPSA) is 47.6 Å². The van der Waals surface area contributed by atoms with Gasteiger partial charge in [-0.05, 0) is 51.8 Å². The Labute approximate surface area is 151 Å². The van der Waals surface area contributed by atoms with Crippen LogP contribution in [-0.4, -0.2) is 38.2 Å². The average molecular weight is 369 g/mol. The molecule has 1 saturated heterocycles. The number of hydrogen-bond acceptors (Lipinski definition) is 4. The molecule has 26 heavy (non-hydrogen) atoms. The first-order chi connectivity index (χ1) is 11.9. The van der Waals surface area contributed by atoms with Gasteiger partial charge >= 0.3 is 13.3 Å². The minimum Gasteiger partial charge on any atom is -0.400 e. The molecule has 8 heteroatoms. The van der Waals surface area contributed by atoms with Crippen LogP contribution in [0.4, 0.5) is 13.2 Å². The molecule has 142 valence electrons. The molecule has 1 aromatic carbocycles. The van der Waals surface area contributed by atoms with Crippen LogP contribution in [0.25, 0.3) is 6.08 Å². The fraction of sp³-hybridized carbons (Fsp3) is 0.500. The number of benzene rings is 1. The zero-order valence-electron chi connectivity index (χ0n) is 15.5. The number of rotatable bonds is 5. The van der Waals surface area contributed by atoms with Crippen molar-refractivity contribution < 1.29 is 27.3 Å². The molecule has 0 unspecified atom stereocenters. The van der Waals surface area contributed by atoms with Crippen LogP contribution in [-0.2, 0) is 15.5 Å². The van der Waals surface area contributed by atoms with E-state index in [4.69, 9.17) is 9.31 Å². The van der Waals surface area contributed by atoms with E-state index in [-0.39, 0.29) is 11.1 Å². The second-order valence-corrected chi connectivity index (χ2v) is 7.30. The molecular weight excluding hydrogens is 346 g/mol. The van der Waals surface area contributed by atoms with E-state index in [0.29, 0.717) is 18.3 Å². The minimum absolute atomic E-state index is 0.0275. The molecule has 0 aromatic heterocycles. The second-order valence-electron chi connectivity index (χ2n) is 7.30. The Morgan fingerprint density at radius 2 is 1.77 bits per heavy atom. The van der Waals surface area contributed by atoms with Gasteiger partial charge in [-0.1, -0.05) is 18.2 Å². The Morgan fingerprint density at radius 3 is 2.23 bits per heavy atom. The van der Waals surface area contributed by atoms with Gasteiger partial charge in [0, 0.05) is 12.1 Å². The SMILES string of the molecule is CNCC(=Cc1ccc(C=O)cc1C(F)(F)F)B1OC(C)(C)C(C)(C)O1. The molecule has 0 aliphatic carbocycles. The average Bonchev–Trinajstić information content (AvgIpc) is 2.74. The molecule has 0 atom stereocenters. The summed E-state index contributed by atoms with van der Waals surface area (Å²) in [5.74, 6) is 0. The first-order valence-electron chi connectivity index (χ1n) is 8.28. The molecule has 4 nitrogen and oxygen atoms in total. The molecule has 1 aliphatic heterocycles. The maximum Gasteiger partial charge on any atom is 0.491 e. The van der Waals surface area contributed by atoms with Gasteiger partial charge in [0.05, 0.1) is 16.8 Å². The monoisotopic (exact) mass is 369 g/mol. The van der Waals surface area contributed by atoms with Crippen molar-refractivity contribution in [1.29, 1.82) is 0 Å². The lowest BCUT2D eigenvalue weighted by atomic mass is 9.76. The normalized spacial score (nSPS) is 19.7. The van der Waals surface area contributed by atoms with Crippen LogP contribution in [0.15, 0.2) is 23.7 Å². The summed E-state index contributed by atoms with van der Waals surface area (Å²) in [6, 6.07) is 3.49. The van der Waals surface area contributed by atoms with E-state index in [1.807, 2.05) is 27.7 Å². The van der Waals surface area contributed by atoms with Crippen LogP contribution >= 0.6 is 0 Å². The Kier molecular flexibility index (Phi) is 5.70. The highest BCUT2D eigenvalue weighted by Crippen LogP contribution is 2.39. The maximum absolute atomic E-state index is 13.4. The number of hydrogen-bond donors (Lipinski definition) is 1. The molecule has 0 amide bonds. The summed E-state index contributed by atoms with van der Waals surface area (Å²) < 4.78 is 52.1. The highest BCUT2D eigenvalue weighted by Gasteiger charge is 2.52. The Morgan fingerprint density at radius 1 is 1.19 bits per heavy atom. The zero-order chi connectivity index (χ0) is 19.8. The van der Waals surface area contributed by atoms with Crippen molar-refractivity contribution in [2.75, 3.05) is 13.6 Å². The summed E-state index contributed by atoms with van der Waals surface area (Å²) in [7, 11) is 0.929. The van der Waals surface area contributed by atoms with Gasteiger partial charge in [-0.25, -0.2) is 0 Å². The van der Waals surface area contributed by atoms with Crippen LogP contribution in [0.1, 0.15) is 49.2 Å². The summed E-state index contributed by atoms with van der Waals surface area (Å²) in [6.45, 7) is 7.81. The largest absolute Gasteiger partial charge is 0.491 e. The zero-order valence-corrected chi connectivity index (χ0v) is 15.5. The van der Waals surface area contributed by atoms with Crippen molar-refractivity contribution in [2.45, 2.75) is 45.1 Å². The number of carbonyl (C=O) groups excluding carboxylic acids is 1. The smallest absolute Gasteiger partial charge is 0.400 e. The van der Waals surface area contributed by atoms with Crippen LogP contribution in [0, 0.1) is 0 Å². The lowest BCUT2D eigenvalue weighted by Crippen LogP contribution is -2.41. The first kappa shape index (κ1) is 20.7. The summed E-state index contributed by atoms with van der Waals surface area (Å²) in [4.78, 5) is 10.8. The van der Waals surface area contributed by atoms with E-state index in [1.54, 1.807) is 7.05 Å². The molecule has 2 rings (SSSR count). The summed E-state index contributed by atoms with van der Waals surface area (Å²) >= 11 is 0. The molecular formula is C18H23BF3NO3. The second kappa shape index (κ2) is 7.17. The third kappa shape index (κ3) is 4.19. The van der Waals surface area contributed by atoms with Gasteiger partial charge in [0.1, 0.15) is 6.29 Å². The number of alkyl halides is 3. The van der Waals surface area contributed by atoms with Crippen molar-refractivity contribution in [3.63, 3.8) is 0 Å². The highest BCUT2D eigenvalue weighted by atomic mass is 19.4. The van der Waals surface area contributed by atoms with Crippen LogP contribution < -0.4 is 5.32 Å². The molecule has 1 aromatic rings. The standard InChI is InChI=1S/C18H23BF3NO3/c1-16(2)17(3,4)26-19(25-16)14(10-23-5)9-13-7-6-12(11-24)8-15(13)18(20,21)22/h6-9,11,23H,10H2,1-5H3. The number of halogens is 3. The Hall–Kier alpha value is -1.64. The quantitative estimate of drug-likeness (QED) is 0.635. The van der Waals surface area contributed by atoms with Crippen molar-refractivity contribution >= 4 is 19.5 Å². The summed E-state index contributed by atoms with van der Waals surface area (Å²) in [5.41, 5.74) is -1.59. The third-order valence-corrected chi connectivity index (χ3v) is 4.80. The van der Waals surface area contributed by atoms with Gasteiger partial charge < -0.3 is 14.6 Å². The predicted molar refractivity (Wildman–Crippen MR) is 94.8 cm³/mol. The lowest BCUT2D eigenvalue weighted by Gasteiger charge is -2.32. The van der Waals surface area contributed by atoms with Crippen molar-refractivity contribution in [3.05, 3.63) is 40.4 Å². The van der Waals surface area contributed by atoms with Crippen molar-refractivity contribution in [2.24, 2.45) is 0 Å². The van der Waals surface area contributed by atoms with E-state index >= 15 is 0 Å². The van der Waals surface area contributed by atoms with Gasteiger partial charge in [0.2, 0.25) is 0 Å². The minimum atomic E-state index is -4.58. The Balaban J connectivity index is 2.49. The molecule has 1 aliphatic rings. The summed E-state index contributed by atoms with van der Waals surface area (Å²) in [6.07, 6.45) is -2.77. The van der Waals surface area contributed by atoms with E-state index in [1.165, 1.54) is 18.2 Å². The van der Waals surface area contributed by atoms with Gasteiger partial charge in [-0.3, -0.25) is 4.79 Å². The van der Waals surface area contributed by atoms with E-state index in [0.717, 1.165) is 6.07 Å². The summed E-state index contributed by atoms with van der Waals surface area (Å²) in [5, 5.41) is 2.93. The number of nitrogens with one attached hydrogen (secondary N) is 1. The molecule has 1 heterocycles. The van der Waals surface area contributed by atoms with Crippen molar-refractivity contribution in [3.8, 4) is 0 Å². The number of likely N-dealkylation sites (N-methyl/N-ethyl adjacent to an activating group) is 1. The van der Waals surface area contributed by atoms with E-state index in [2.05, 4.69) is 5.32 Å². The molecule has 0 bridgehead atoms.